The summed E-state index contributed by atoms with van der Waals surface area (Å²) in [6, 6.07) is 1.80. The van der Waals surface area contributed by atoms with Crippen LogP contribution < -0.4 is 5.73 Å². The van der Waals surface area contributed by atoms with Crippen molar-refractivity contribution < 1.29 is 0 Å². The molecule has 1 aromatic heterocycles. The maximum atomic E-state index is 5.59. The van der Waals surface area contributed by atoms with E-state index in [1.807, 2.05) is 0 Å². The lowest BCUT2D eigenvalue weighted by Gasteiger charge is -1.97. The first-order valence-corrected chi connectivity index (χ1v) is 4.20. The van der Waals surface area contributed by atoms with Gasteiger partial charge < -0.3 is 5.73 Å². The van der Waals surface area contributed by atoms with E-state index in [9.17, 15) is 0 Å². The van der Waals surface area contributed by atoms with Gasteiger partial charge in [0.1, 0.15) is 0 Å². The van der Waals surface area contributed by atoms with Crippen molar-refractivity contribution in [1.82, 2.24) is 4.98 Å². The van der Waals surface area contributed by atoms with Crippen molar-refractivity contribution in [3.05, 3.63) is 23.0 Å². The van der Waals surface area contributed by atoms with Crippen LogP contribution in [0.15, 0.2) is 12.3 Å². The van der Waals surface area contributed by atoms with Crippen LogP contribution in [0, 0.1) is 0 Å². The van der Waals surface area contributed by atoms with E-state index in [1.165, 1.54) is 0 Å². The van der Waals surface area contributed by atoms with Gasteiger partial charge in [0.05, 0.1) is 5.69 Å². The number of nitrogens with two attached hydrogens (primary N) is 1. The Morgan fingerprint density at radius 2 is 2.40 bits per heavy atom. The first kappa shape index (κ1) is 7.82. The molecular formula is C6H6BrClN2. The molecule has 0 aromatic carbocycles. The normalized spacial score (nSPS) is 9.80. The van der Waals surface area contributed by atoms with Gasteiger partial charge >= 0.3 is 0 Å². The molecule has 2 nitrogen and oxygen atoms in total. The zero-order valence-electron chi connectivity index (χ0n) is 5.14. The molecule has 1 aromatic rings. The second-order valence-electron chi connectivity index (χ2n) is 1.86. The second-order valence-corrected chi connectivity index (χ2v) is 2.78. The highest BCUT2D eigenvalue weighted by atomic mass is 79.9. The molecule has 1 heterocycles. The molecular weight excluding hydrogens is 215 g/mol. The van der Waals surface area contributed by atoms with Crippen molar-refractivity contribution in [2.75, 3.05) is 5.73 Å². The largest absolute Gasteiger partial charge is 0.396 e. The van der Waals surface area contributed by atoms with Crippen molar-refractivity contribution >= 4 is 33.2 Å². The average Bonchev–Trinajstić information content (AvgIpc) is 1.95. The zero-order valence-corrected chi connectivity index (χ0v) is 7.48. The van der Waals surface area contributed by atoms with Crippen molar-refractivity contribution in [2.24, 2.45) is 0 Å². The summed E-state index contributed by atoms with van der Waals surface area (Å²) in [4.78, 5) is 3.86. The summed E-state index contributed by atoms with van der Waals surface area (Å²) in [5, 5.41) is 1.12. The van der Waals surface area contributed by atoms with Crippen LogP contribution in [0.25, 0.3) is 0 Å². The summed E-state index contributed by atoms with van der Waals surface area (Å²) in [7, 11) is 0. The molecule has 0 aliphatic heterocycles. The molecule has 0 fully saturated rings. The number of aromatic nitrogens is 1. The van der Waals surface area contributed by atoms with Crippen LogP contribution in [-0.4, -0.2) is 4.98 Å². The smallest absolute Gasteiger partial charge is 0.151 e. The number of hydrogen-bond acceptors (Lipinski definition) is 2. The number of hydrogen-bond donors (Lipinski definition) is 1. The molecule has 4 heteroatoms. The van der Waals surface area contributed by atoms with Gasteiger partial charge in [0, 0.05) is 11.5 Å². The molecule has 0 aliphatic carbocycles. The second kappa shape index (κ2) is 3.21. The van der Waals surface area contributed by atoms with Crippen LogP contribution in [0.5, 0.6) is 0 Å². The molecule has 0 atom stereocenters. The molecule has 54 valence electrons. The van der Waals surface area contributed by atoms with Gasteiger partial charge in [-0.15, -0.1) is 0 Å². The Labute approximate surface area is 72.5 Å². The minimum Gasteiger partial charge on any atom is -0.396 e. The number of pyridine rings is 1. The van der Waals surface area contributed by atoms with Gasteiger partial charge in [-0.2, -0.15) is 0 Å². The van der Waals surface area contributed by atoms with Crippen molar-refractivity contribution in [3.63, 3.8) is 0 Å². The Hall–Kier alpha value is -0.280. The number of nitrogen functional groups attached to an aromatic ring is 1. The standard InChI is InChI=1S/C6H6BrClN2/c7-2-4-1-5(9)6(8)10-3-4/h1,3H,2,9H2. The van der Waals surface area contributed by atoms with Gasteiger partial charge in [0.15, 0.2) is 5.15 Å². The van der Waals surface area contributed by atoms with E-state index in [1.54, 1.807) is 12.3 Å². The quantitative estimate of drug-likeness (QED) is 0.583. The van der Waals surface area contributed by atoms with Gasteiger partial charge in [0.25, 0.3) is 0 Å². The van der Waals surface area contributed by atoms with Gasteiger partial charge in [-0.25, -0.2) is 4.98 Å². The molecule has 0 spiro atoms. The van der Waals surface area contributed by atoms with Gasteiger partial charge in [-0.05, 0) is 11.6 Å². The van der Waals surface area contributed by atoms with Crippen molar-refractivity contribution in [1.29, 1.82) is 0 Å². The van der Waals surface area contributed by atoms with Crippen LogP contribution >= 0.6 is 27.5 Å². The third kappa shape index (κ3) is 1.61. The molecule has 0 saturated carbocycles. The lowest BCUT2D eigenvalue weighted by atomic mass is 10.3. The van der Waals surface area contributed by atoms with Crippen molar-refractivity contribution in [3.8, 4) is 0 Å². The van der Waals surface area contributed by atoms with Crippen molar-refractivity contribution in [2.45, 2.75) is 5.33 Å². The molecule has 2 N–H and O–H groups in total. The SMILES string of the molecule is Nc1cc(CBr)cnc1Cl. The lowest BCUT2D eigenvalue weighted by molar-refractivity contribution is 1.26. The Morgan fingerprint density at radius 3 is 2.90 bits per heavy atom. The maximum Gasteiger partial charge on any atom is 0.151 e. The van der Waals surface area contributed by atoms with E-state index in [0.717, 1.165) is 10.9 Å². The fourth-order valence-corrected chi connectivity index (χ4v) is 0.994. The number of alkyl halides is 1. The molecule has 0 amide bonds. The zero-order chi connectivity index (χ0) is 7.56. The summed E-state index contributed by atoms with van der Waals surface area (Å²) in [5.41, 5.74) is 7.04. The molecule has 0 saturated heterocycles. The Balaban J connectivity index is 3.04. The van der Waals surface area contributed by atoms with E-state index in [-0.39, 0.29) is 0 Å². The Bertz CT molecular complexity index is 239. The predicted octanol–water partition coefficient (Wildman–Crippen LogP) is 2.21. The number of halogens is 2. The minimum absolute atomic E-state index is 0.365. The summed E-state index contributed by atoms with van der Waals surface area (Å²) >= 11 is 8.86. The lowest BCUT2D eigenvalue weighted by Crippen LogP contribution is -1.90. The average molecular weight is 221 g/mol. The molecule has 0 bridgehead atoms. The molecule has 0 radical (unpaired) electrons. The number of rotatable bonds is 1. The van der Waals surface area contributed by atoms with Crippen LogP contribution in [0.1, 0.15) is 5.56 Å². The minimum atomic E-state index is 0.365. The van der Waals surface area contributed by atoms with E-state index in [0.29, 0.717) is 10.8 Å². The number of nitrogens with zero attached hydrogens (tertiary/aromatic N) is 1. The van der Waals surface area contributed by atoms with E-state index < -0.39 is 0 Å². The third-order valence-corrected chi connectivity index (χ3v) is 2.04. The highest BCUT2D eigenvalue weighted by Crippen LogP contribution is 2.17. The van der Waals surface area contributed by atoms with E-state index in [2.05, 4.69) is 20.9 Å². The van der Waals surface area contributed by atoms with Crippen LogP contribution in [0.2, 0.25) is 5.15 Å². The molecule has 0 unspecified atom stereocenters. The summed E-state index contributed by atoms with van der Waals surface area (Å²) < 4.78 is 0. The first-order chi connectivity index (χ1) is 4.74. The van der Waals surface area contributed by atoms with Crippen LogP contribution in [0.4, 0.5) is 5.69 Å². The summed E-state index contributed by atoms with van der Waals surface area (Å²) in [6.45, 7) is 0. The first-order valence-electron chi connectivity index (χ1n) is 2.70. The predicted molar refractivity (Wildman–Crippen MR) is 46.3 cm³/mol. The monoisotopic (exact) mass is 220 g/mol. The van der Waals surface area contributed by atoms with Crippen LogP contribution in [-0.2, 0) is 5.33 Å². The topological polar surface area (TPSA) is 38.9 Å². The Morgan fingerprint density at radius 1 is 1.70 bits per heavy atom. The van der Waals surface area contributed by atoms with Gasteiger partial charge in [-0.1, -0.05) is 27.5 Å². The summed E-state index contributed by atoms with van der Waals surface area (Å²) in [6.07, 6.45) is 1.69. The maximum absolute atomic E-state index is 5.59. The highest BCUT2D eigenvalue weighted by Gasteiger charge is 1.96. The van der Waals surface area contributed by atoms with Gasteiger partial charge in [-0.3, -0.25) is 0 Å². The molecule has 10 heavy (non-hydrogen) atoms. The van der Waals surface area contributed by atoms with E-state index in [4.69, 9.17) is 17.3 Å². The summed E-state index contributed by atoms with van der Waals surface area (Å²) in [5.74, 6) is 0. The third-order valence-electron chi connectivity index (χ3n) is 1.08. The number of anilines is 1. The van der Waals surface area contributed by atoms with E-state index >= 15 is 0 Å². The fraction of sp³-hybridized carbons (Fsp3) is 0.167. The molecule has 1 rings (SSSR count). The molecule has 0 aliphatic rings. The Kier molecular flexibility index (Phi) is 2.51. The highest BCUT2D eigenvalue weighted by molar-refractivity contribution is 9.08. The van der Waals surface area contributed by atoms with Gasteiger partial charge in [0.2, 0.25) is 0 Å². The van der Waals surface area contributed by atoms with Crippen LogP contribution in [0.3, 0.4) is 0 Å². The fourth-order valence-electron chi connectivity index (χ4n) is 0.584.